The molecule has 0 N–H and O–H groups in total. The van der Waals surface area contributed by atoms with Crippen LogP contribution in [-0.4, -0.2) is 41.1 Å². The number of halogens is 1. The largest absolute Gasteiger partial charge is 0.488 e. The minimum absolute atomic E-state index is 0.0553. The molecule has 0 fully saturated rings. The summed E-state index contributed by atoms with van der Waals surface area (Å²) in [6, 6.07) is 0. The Balaban J connectivity index is 2.84. The molecule has 0 aliphatic rings. The van der Waals surface area contributed by atoms with Gasteiger partial charge in [-0.3, -0.25) is 0 Å². The molecule has 0 saturated carbocycles. The van der Waals surface area contributed by atoms with Gasteiger partial charge < -0.3 is 9.64 Å². The Hall–Kier alpha value is -0.870. The number of aromatic nitrogens is 2. The summed E-state index contributed by atoms with van der Waals surface area (Å²) in [6.45, 7) is 8.92. The van der Waals surface area contributed by atoms with Crippen LogP contribution in [0.5, 0.6) is 5.75 Å². The van der Waals surface area contributed by atoms with Gasteiger partial charge in [-0.15, -0.1) is 11.6 Å². The molecule has 0 atom stereocenters. The molecule has 0 bridgehead atoms. The zero-order valence-corrected chi connectivity index (χ0v) is 13.5. The molecule has 0 aliphatic heterocycles. The van der Waals surface area contributed by atoms with Crippen LogP contribution in [0.2, 0.25) is 0 Å². The van der Waals surface area contributed by atoms with Gasteiger partial charge in [0, 0.05) is 11.5 Å². The highest BCUT2D eigenvalue weighted by Gasteiger charge is 2.22. The summed E-state index contributed by atoms with van der Waals surface area (Å²) < 4.78 is 5.84. The first-order valence-electron chi connectivity index (χ1n) is 6.50. The zero-order valence-electron chi connectivity index (χ0n) is 12.7. The maximum atomic E-state index is 5.94. The summed E-state index contributed by atoms with van der Waals surface area (Å²) in [7, 11) is 4.06. The van der Waals surface area contributed by atoms with E-state index in [4.69, 9.17) is 16.3 Å². The molecule has 0 unspecified atom stereocenters. The third-order valence-electron chi connectivity index (χ3n) is 3.28. The summed E-state index contributed by atoms with van der Waals surface area (Å²) >= 11 is 5.94. The SMILES string of the molecule is CC(C)c1ncc(OCC(C)(C)N(C)C)c(CCl)n1. The number of hydrogen-bond acceptors (Lipinski definition) is 4. The van der Waals surface area contributed by atoms with Crippen molar-refractivity contribution >= 4 is 11.6 Å². The second kappa shape index (κ2) is 6.53. The van der Waals surface area contributed by atoms with Crippen molar-refractivity contribution in [2.24, 2.45) is 0 Å². The van der Waals surface area contributed by atoms with E-state index in [-0.39, 0.29) is 11.5 Å². The Labute approximate surface area is 121 Å². The topological polar surface area (TPSA) is 38.2 Å². The maximum absolute atomic E-state index is 5.94. The van der Waals surface area contributed by atoms with Crippen molar-refractivity contribution in [3.8, 4) is 5.75 Å². The molecule has 5 heteroatoms. The maximum Gasteiger partial charge on any atom is 0.160 e. The molecule has 1 aromatic heterocycles. The average Bonchev–Trinajstić information content (AvgIpc) is 2.35. The molecule has 0 aliphatic carbocycles. The molecule has 0 amide bonds. The minimum Gasteiger partial charge on any atom is -0.488 e. The number of hydrogen-bond donors (Lipinski definition) is 0. The number of ether oxygens (including phenoxy) is 1. The molecule has 0 spiro atoms. The fourth-order valence-corrected chi connectivity index (χ4v) is 1.49. The second-order valence-electron chi connectivity index (χ2n) is 5.82. The second-order valence-corrected chi connectivity index (χ2v) is 6.09. The van der Waals surface area contributed by atoms with E-state index in [0.717, 1.165) is 11.5 Å². The number of nitrogens with zero attached hydrogens (tertiary/aromatic N) is 3. The fourth-order valence-electron chi connectivity index (χ4n) is 1.30. The molecule has 1 heterocycles. The van der Waals surface area contributed by atoms with Gasteiger partial charge in [0.05, 0.1) is 12.1 Å². The molecular weight excluding hydrogens is 262 g/mol. The van der Waals surface area contributed by atoms with E-state index in [1.165, 1.54) is 0 Å². The van der Waals surface area contributed by atoms with Crippen molar-refractivity contribution in [1.82, 2.24) is 14.9 Å². The fraction of sp³-hybridized carbons (Fsp3) is 0.714. The van der Waals surface area contributed by atoms with E-state index < -0.39 is 0 Å². The van der Waals surface area contributed by atoms with Crippen LogP contribution in [0.3, 0.4) is 0 Å². The van der Waals surface area contributed by atoms with Crippen molar-refractivity contribution in [3.63, 3.8) is 0 Å². The van der Waals surface area contributed by atoms with Gasteiger partial charge in [-0.25, -0.2) is 9.97 Å². The smallest absolute Gasteiger partial charge is 0.160 e. The molecule has 0 aromatic carbocycles. The lowest BCUT2D eigenvalue weighted by Crippen LogP contribution is -2.43. The third-order valence-corrected chi connectivity index (χ3v) is 3.54. The highest BCUT2D eigenvalue weighted by molar-refractivity contribution is 6.17. The lowest BCUT2D eigenvalue weighted by Gasteiger charge is -2.32. The zero-order chi connectivity index (χ0) is 14.6. The molecule has 0 saturated heterocycles. The molecule has 0 radical (unpaired) electrons. The number of likely N-dealkylation sites (N-methyl/N-ethyl adjacent to an activating group) is 1. The van der Waals surface area contributed by atoms with Crippen LogP contribution in [0.25, 0.3) is 0 Å². The predicted molar refractivity (Wildman–Crippen MR) is 78.9 cm³/mol. The monoisotopic (exact) mass is 285 g/mol. The molecule has 4 nitrogen and oxygen atoms in total. The molecular formula is C14H24ClN3O. The van der Waals surface area contributed by atoms with Crippen molar-refractivity contribution in [3.05, 3.63) is 17.7 Å². The minimum atomic E-state index is -0.0553. The van der Waals surface area contributed by atoms with Gasteiger partial charge >= 0.3 is 0 Å². The van der Waals surface area contributed by atoms with Gasteiger partial charge in [0.15, 0.2) is 5.75 Å². The summed E-state index contributed by atoms with van der Waals surface area (Å²) in [5, 5.41) is 0. The summed E-state index contributed by atoms with van der Waals surface area (Å²) in [4.78, 5) is 10.9. The Morgan fingerprint density at radius 2 is 2.00 bits per heavy atom. The van der Waals surface area contributed by atoms with E-state index in [1.807, 2.05) is 14.1 Å². The lowest BCUT2D eigenvalue weighted by molar-refractivity contribution is 0.113. The summed E-state index contributed by atoms with van der Waals surface area (Å²) in [6.07, 6.45) is 1.73. The van der Waals surface area contributed by atoms with Gasteiger partial charge in [0.1, 0.15) is 18.1 Å². The van der Waals surface area contributed by atoms with Crippen molar-refractivity contribution in [2.75, 3.05) is 20.7 Å². The van der Waals surface area contributed by atoms with E-state index in [0.29, 0.717) is 18.2 Å². The Kier molecular flexibility index (Phi) is 5.56. The van der Waals surface area contributed by atoms with Crippen LogP contribution in [0, 0.1) is 0 Å². The van der Waals surface area contributed by atoms with Gasteiger partial charge in [-0.05, 0) is 27.9 Å². The molecule has 108 valence electrons. The average molecular weight is 286 g/mol. The number of alkyl halides is 1. The highest BCUT2D eigenvalue weighted by Crippen LogP contribution is 2.22. The first-order chi connectivity index (χ1) is 8.77. The van der Waals surface area contributed by atoms with Crippen LogP contribution in [0.1, 0.15) is 45.1 Å². The molecule has 1 rings (SSSR count). The van der Waals surface area contributed by atoms with E-state index in [9.17, 15) is 0 Å². The lowest BCUT2D eigenvalue weighted by atomic mass is 10.1. The summed E-state index contributed by atoms with van der Waals surface area (Å²) in [5.41, 5.74) is 0.704. The van der Waals surface area contributed by atoms with Crippen LogP contribution in [0.15, 0.2) is 6.20 Å². The first-order valence-corrected chi connectivity index (χ1v) is 7.03. The standard InChI is InChI=1S/C14H24ClN3O/c1-10(2)13-16-8-12(11(7-15)17-13)19-9-14(3,4)18(5)6/h8,10H,7,9H2,1-6H3. The van der Waals surface area contributed by atoms with Gasteiger partial charge in [0.25, 0.3) is 0 Å². The van der Waals surface area contributed by atoms with Crippen molar-refractivity contribution in [1.29, 1.82) is 0 Å². The van der Waals surface area contributed by atoms with E-state index in [1.54, 1.807) is 6.20 Å². The molecule has 19 heavy (non-hydrogen) atoms. The van der Waals surface area contributed by atoms with Gasteiger partial charge in [0.2, 0.25) is 0 Å². The van der Waals surface area contributed by atoms with Crippen molar-refractivity contribution in [2.45, 2.75) is 45.0 Å². The molecule has 1 aromatic rings. The van der Waals surface area contributed by atoms with Crippen molar-refractivity contribution < 1.29 is 4.74 Å². The first kappa shape index (κ1) is 16.2. The van der Waals surface area contributed by atoms with Gasteiger partial charge in [-0.2, -0.15) is 0 Å². The van der Waals surface area contributed by atoms with Crippen LogP contribution >= 0.6 is 11.6 Å². The Morgan fingerprint density at radius 3 is 2.47 bits per heavy atom. The van der Waals surface area contributed by atoms with Crippen LogP contribution in [0.4, 0.5) is 0 Å². The van der Waals surface area contributed by atoms with Crippen LogP contribution in [-0.2, 0) is 5.88 Å². The third kappa shape index (κ3) is 4.32. The Morgan fingerprint density at radius 1 is 1.37 bits per heavy atom. The Bertz CT molecular complexity index is 419. The van der Waals surface area contributed by atoms with E-state index >= 15 is 0 Å². The number of rotatable bonds is 6. The normalized spacial score (nSPS) is 12.3. The van der Waals surface area contributed by atoms with Gasteiger partial charge in [-0.1, -0.05) is 13.8 Å². The highest BCUT2D eigenvalue weighted by atomic mass is 35.5. The van der Waals surface area contributed by atoms with E-state index in [2.05, 4.69) is 42.6 Å². The predicted octanol–water partition coefficient (Wildman–Crippen LogP) is 3.06. The van der Waals surface area contributed by atoms with Crippen LogP contribution < -0.4 is 4.74 Å². The quantitative estimate of drug-likeness (QED) is 0.753. The summed E-state index contributed by atoms with van der Waals surface area (Å²) in [5.74, 6) is 2.10.